The summed E-state index contributed by atoms with van der Waals surface area (Å²) in [5.74, 6) is -0.242. The molecule has 1 saturated heterocycles. The summed E-state index contributed by atoms with van der Waals surface area (Å²) in [7, 11) is -3.65. The van der Waals surface area contributed by atoms with Crippen LogP contribution in [0.25, 0.3) is 5.69 Å². The van der Waals surface area contributed by atoms with E-state index in [1.807, 2.05) is 37.3 Å². The minimum Gasteiger partial charge on any atom is -0.347 e. The van der Waals surface area contributed by atoms with Crippen LogP contribution in [0.3, 0.4) is 0 Å². The second kappa shape index (κ2) is 7.28. The normalized spacial score (nSPS) is 17.4. The first kappa shape index (κ1) is 19.3. The van der Waals surface area contributed by atoms with Crippen molar-refractivity contribution in [3.63, 3.8) is 0 Å². The zero-order chi connectivity index (χ0) is 19.7. The number of hydrogen-bond acceptors (Lipinski definition) is 4. The van der Waals surface area contributed by atoms with Crippen molar-refractivity contribution >= 4 is 15.9 Å². The molecule has 0 aliphatic carbocycles. The minimum absolute atomic E-state index is 0.213. The van der Waals surface area contributed by atoms with Crippen LogP contribution in [0.15, 0.2) is 54.1 Å². The van der Waals surface area contributed by atoms with Crippen molar-refractivity contribution < 1.29 is 13.2 Å². The van der Waals surface area contributed by atoms with E-state index in [1.54, 1.807) is 11.6 Å². The Kier molecular flexibility index (Phi) is 5.21. The van der Waals surface area contributed by atoms with Crippen LogP contribution in [0, 0.1) is 6.92 Å². The molecule has 1 N–H and O–H groups in total. The molecule has 1 aromatic carbocycles. The van der Waals surface area contributed by atoms with Crippen LogP contribution in [0.5, 0.6) is 0 Å². The number of para-hydroxylation sites is 1. The van der Waals surface area contributed by atoms with E-state index in [4.69, 9.17) is 0 Å². The number of carbonyl (C=O) groups is 1. The van der Waals surface area contributed by atoms with E-state index in [0.29, 0.717) is 31.6 Å². The molecule has 1 fully saturated rings. The lowest BCUT2D eigenvalue weighted by Crippen LogP contribution is -2.54. The predicted octanol–water partition coefficient (Wildman–Crippen LogP) is 2.03. The average Bonchev–Trinajstić information content (AvgIpc) is 3.04. The highest BCUT2D eigenvalue weighted by Gasteiger charge is 2.37. The van der Waals surface area contributed by atoms with Crippen LogP contribution in [-0.4, -0.2) is 47.0 Å². The standard InChI is InChI=1S/C19H24N4O3S/c1-4-18(24)21-19(3)10-12-22(13-11-19)27(25,26)17-14-20-23(15(17)2)16-8-6-5-7-9-16/h4-9,14H,1,10-13H2,2-3H3,(H,21,24). The van der Waals surface area contributed by atoms with E-state index in [-0.39, 0.29) is 10.8 Å². The maximum Gasteiger partial charge on any atom is 0.246 e. The highest BCUT2D eigenvalue weighted by molar-refractivity contribution is 7.89. The van der Waals surface area contributed by atoms with Gasteiger partial charge in [0.15, 0.2) is 0 Å². The average molecular weight is 388 g/mol. The van der Waals surface area contributed by atoms with E-state index < -0.39 is 15.6 Å². The molecule has 1 amide bonds. The third-order valence-corrected chi connectivity index (χ3v) is 7.02. The number of piperidine rings is 1. The number of benzene rings is 1. The van der Waals surface area contributed by atoms with Crippen LogP contribution in [0.4, 0.5) is 0 Å². The van der Waals surface area contributed by atoms with Gasteiger partial charge in [-0.25, -0.2) is 13.1 Å². The fourth-order valence-electron chi connectivity index (χ4n) is 3.31. The van der Waals surface area contributed by atoms with Gasteiger partial charge in [0.2, 0.25) is 15.9 Å². The Morgan fingerprint density at radius 2 is 1.89 bits per heavy atom. The number of carbonyl (C=O) groups excluding carboxylic acids is 1. The smallest absolute Gasteiger partial charge is 0.246 e. The Morgan fingerprint density at radius 1 is 1.26 bits per heavy atom. The second-order valence-corrected chi connectivity index (χ2v) is 8.91. The molecular weight excluding hydrogens is 364 g/mol. The molecule has 8 heteroatoms. The Labute approximate surface area is 159 Å². The number of rotatable bonds is 5. The first-order valence-electron chi connectivity index (χ1n) is 8.82. The van der Waals surface area contributed by atoms with E-state index >= 15 is 0 Å². The van der Waals surface area contributed by atoms with Crippen molar-refractivity contribution in [3.05, 3.63) is 54.9 Å². The summed E-state index contributed by atoms with van der Waals surface area (Å²) in [5, 5.41) is 7.17. The molecule has 0 saturated carbocycles. The maximum atomic E-state index is 13.1. The van der Waals surface area contributed by atoms with E-state index in [1.165, 1.54) is 16.6 Å². The number of nitrogens with zero attached hydrogens (tertiary/aromatic N) is 3. The summed E-state index contributed by atoms with van der Waals surface area (Å²) >= 11 is 0. The van der Waals surface area contributed by atoms with Crippen molar-refractivity contribution in [2.24, 2.45) is 0 Å². The van der Waals surface area contributed by atoms with Crippen LogP contribution in [0.1, 0.15) is 25.5 Å². The van der Waals surface area contributed by atoms with Crippen molar-refractivity contribution in [2.75, 3.05) is 13.1 Å². The third-order valence-electron chi connectivity index (χ3n) is 5.02. The lowest BCUT2D eigenvalue weighted by Gasteiger charge is -2.39. The molecular formula is C19H24N4O3S. The molecule has 0 spiro atoms. The van der Waals surface area contributed by atoms with Crippen molar-refractivity contribution in [1.29, 1.82) is 0 Å². The Morgan fingerprint density at radius 3 is 2.48 bits per heavy atom. The molecule has 0 bridgehead atoms. The van der Waals surface area contributed by atoms with Gasteiger partial charge in [0, 0.05) is 18.6 Å². The number of aromatic nitrogens is 2. The van der Waals surface area contributed by atoms with Gasteiger partial charge in [-0.1, -0.05) is 24.8 Å². The van der Waals surface area contributed by atoms with Crippen LogP contribution < -0.4 is 5.32 Å². The monoisotopic (exact) mass is 388 g/mol. The highest BCUT2D eigenvalue weighted by atomic mass is 32.2. The Bertz CT molecular complexity index is 943. The molecule has 144 valence electrons. The first-order valence-corrected chi connectivity index (χ1v) is 10.3. The molecule has 0 unspecified atom stereocenters. The summed E-state index contributed by atoms with van der Waals surface area (Å²) in [6.45, 7) is 7.82. The summed E-state index contributed by atoms with van der Waals surface area (Å²) in [5.41, 5.74) is 0.963. The van der Waals surface area contributed by atoms with Gasteiger partial charge < -0.3 is 5.32 Å². The molecule has 0 radical (unpaired) electrons. The van der Waals surface area contributed by atoms with Crippen molar-refractivity contribution in [2.45, 2.75) is 37.1 Å². The first-order chi connectivity index (χ1) is 12.8. The largest absolute Gasteiger partial charge is 0.347 e. The molecule has 2 heterocycles. The SMILES string of the molecule is C=CC(=O)NC1(C)CCN(S(=O)(=O)c2cnn(-c3ccccc3)c2C)CC1. The van der Waals surface area contributed by atoms with Gasteiger partial charge in [-0.3, -0.25) is 4.79 Å². The van der Waals surface area contributed by atoms with Crippen molar-refractivity contribution in [3.8, 4) is 5.69 Å². The molecule has 3 rings (SSSR count). The number of hydrogen-bond donors (Lipinski definition) is 1. The van der Waals surface area contributed by atoms with Gasteiger partial charge in [0.25, 0.3) is 0 Å². The highest BCUT2D eigenvalue weighted by Crippen LogP contribution is 2.28. The van der Waals surface area contributed by atoms with Crippen molar-refractivity contribution in [1.82, 2.24) is 19.4 Å². The van der Waals surface area contributed by atoms with Gasteiger partial charge in [0.05, 0.1) is 17.6 Å². The molecule has 1 aromatic heterocycles. The quantitative estimate of drug-likeness (QED) is 0.795. The van der Waals surface area contributed by atoms with E-state index in [9.17, 15) is 13.2 Å². The second-order valence-electron chi connectivity index (χ2n) is 7.00. The third kappa shape index (κ3) is 3.81. The van der Waals surface area contributed by atoms with Gasteiger partial charge in [-0.2, -0.15) is 9.40 Å². The molecule has 1 aliphatic heterocycles. The van der Waals surface area contributed by atoms with Crippen LogP contribution in [-0.2, 0) is 14.8 Å². The minimum atomic E-state index is -3.65. The molecule has 7 nitrogen and oxygen atoms in total. The van der Waals surface area contributed by atoms with Crippen LogP contribution >= 0.6 is 0 Å². The number of sulfonamides is 1. The van der Waals surface area contributed by atoms with Gasteiger partial charge in [-0.05, 0) is 44.9 Å². The maximum absolute atomic E-state index is 13.1. The van der Waals surface area contributed by atoms with Gasteiger partial charge >= 0.3 is 0 Å². The fraction of sp³-hybridized carbons (Fsp3) is 0.368. The molecule has 1 aliphatic rings. The van der Waals surface area contributed by atoms with Crippen LogP contribution in [0.2, 0.25) is 0 Å². The van der Waals surface area contributed by atoms with E-state index in [0.717, 1.165) is 5.69 Å². The number of nitrogens with one attached hydrogen (secondary N) is 1. The summed E-state index contributed by atoms with van der Waals surface area (Å²) in [6, 6.07) is 9.42. The Balaban J connectivity index is 1.80. The molecule has 27 heavy (non-hydrogen) atoms. The zero-order valence-electron chi connectivity index (χ0n) is 15.6. The van der Waals surface area contributed by atoms with Gasteiger partial charge in [0.1, 0.15) is 4.90 Å². The predicted molar refractivity (Wildman–Crippen MR) is 103 cm³/mol. The molecule has 2 aromatic rings. The zero-order valence-corrected chi connectivity index (χ0v) is 16.4. The summed E-state index contributed by atoms with van der Waals surface area (Å²) in [6.07, 6.45) is 3.72. The lowest BCUT2D eigenvalue weighted by molar-refractivity contribution is -0.118. The Hall–Kier alpha value is -2.45. The summed E-state index contributed by atoms with van der Waals surface area (Å²) < 4.78 is 29.3. The fourth-order valence-corrected chi connectivity index (χ4v) is 4.89. The molecule has 0 atom stereocenters. The van der Waals surface area contributed by atoms with E-state index in [2.05, 4.69) is 17.0 Å². The number of amides is 1. The van der Waals surface area contributed by atoms with Gasteiger partial charge in [-0.15, -0.1) is 0 Å². The topological polar surface area (TPSA) is 84.3 Å². The lowest BCUT2D eigenvalue weighted by atomic mass is 9.90. The summed E-state index contributed by atoms with van der Waals surface area (Å²) in [4.78, 5) is 11.8.